The van der Waals surface area contributed by atoms with Crippen molar-refractivity contribution in [2.45, 2.75) is 37.7 Å². The Bertz CT molecular complexity index is 1230. The third-order valence-corrected chi connectivity index (χ3v) is 6.84. The van der Waals surface area contributed by atoms with Crippen LogP contribution in [0.1, 0.15) is 29.5 Å². The predicted molar refractivity (Wildman–Crippen MR) is 129 cm³/mol. The fourth-order valence-electron chi connectivity index (χ4n) is 4.89. The highest BCUT2D eigenvalue weighted by molar-refractivity contribution is 6.13. The van der Waals surface area contributed by atoms with E-state index in [9.17, 15) is 35.9 Å². The molecule has 210 valence electrons. The van der Waals surface area contributed by atoms with Crippen molar-refractivity contribution in [3.05, 3.63) is 65.2 Å². The molecule has 13 heteroatoms. The van der Waals surface area contributed by atoms with Crippen LogP contribution in [0.25, 0.3) is 0 Å². The number of rotatable bonds is 7. The molecule has 2 atom stereocenters. The lowest BCUT2D eigenvalue weighted by Crippen LogP contribution is -2.58. The van der Waals surface area contributed by atoms with Crippen LogP contribution in [0.4, 0.5) is 26.3 Å². The summed E-state index contributed by atoms with van der Waals surface area (Å²) in [6.07, 6.45) is -9.52. The number of amides is 2. The summed E-state index contributed by atoms with van der Waals surface area (Å²) in [5, 5.41) is 5.65. The predicted octanol–water partition coefficient (Wildman–Crippen LogP) is 4.11. The van der Waals surface area contributed by atoms with Crippen LogP contribution in [-0.4, -0.2) is 60.2 Å². The molecule has 39 heavy (non-hydrogen) atoms. The highest BCUT2D eigenvalue weighted by atomic mass is 19.4. The number of benzene rings is 2. The van der Waals surface area contributed by atoms with E-state index in [-0.39, 0.29) is 31.5 Å². The number of hydrazone groups is 1. The molecule has 2 aromatic rings. The number of hydrogen-bond acceptors (Lipinski definition) is 5. The first-order valence-corrected chi connectivity index (χ1v) is 12.1. The smallest absolute Gasteiger partial charge is 0.416 e. The quantitative estimate of drug-likeness (QED) is 0.520. The molecular weight excluding hydrogens is 530 g/mol. The number of carbonyl (C=O) groups excluding carboxylic acids is 2. The Morgan fingerprint density at radius 2 is 1.69 bits per heavy atom. The van der Waals surface area contributed by atoms with Crippen LogP contribution in [0.3, 0.4) is 0 Å². The molecule has 2 aliphatic heterocycles. The summed E-state index contributed by atoms with van der Waals surface area (Å²) in [4.78, 5) is 27.8. The lowest BCUT2D eigenvalue weighted by Gasteiger charge is -2.40. The zero-order valence-electron chi connectivity index (χ0n) is 20.9. The van der Waals surface area contributed by atoms with Gasteiger partial charge in [0.2, 0.25) is 5.91 Å². The second-order valence-corrected chi connectivity index (χ2v) is 9.61. The second-order valence-electron chi connectivity index (χ2n) is 9.61. The van der Waals surface area contributed by atoms with Crippen LogP contribution in [0.5, 0.6) is 5.75 Å². The summed E-state index contributed by atoms with van der Waals surface area (Å²) in [7, 11) is 1.55. The van der Waals surface area contributed by atoms with Crippen molar-refractivity contribution in [3.8, 4) is 5.75 Å². The highest BCUT2D eigenvalue weighted by Gasteiger charge is 2.53. The fraction of sp³-hybridized carbons (Fsp3) is 0.423. The van der Waals surface area contributed by atoms with E-state index >= 15 is 0 Å². The molecule has 2 aromatic carbocycles. The topological polar surface area (TPSA) is 88.2 Å². The number of halogens is 6. The highest BCUT2D eigenvalue weighted by Crippen LogP contribution is 2.39. The number of nitrogens with two attached hydrogens (primary N) is 1. The molecule has 0 saturated carbocycles. The van der Waals surface area contributed by atoms with E-state index < -0.39 is 53.2 Å². The van der Waals surface area contributed by atoms with Crippen molar-refractivity contribution in [3.63, 3.8) is 0 Å². The largest absolute Gasteiger partial charge is 0.493 e. The zero-order valence-corrected chi connectivity index (χ0v) is 20.9. The van der Waals surface area contributed by atoms with Crippen molar-refractivity contribution in [1.29, 1.82) is 0 Å². The van der Waals surface area contributed by atoms with Crippen LogP contribution in [-0.2, 0) is 28.4 Å². The van der Waals surface area contributed by atoms with Gasteiger partial charge in [0, 0.05) is 33.0 Å². The minimum absolute atomic E-state index is 0.00304. The SMILES string of the molecule is CN1N=C2CCN(C(=O)C(N)CCOc3cc(C(F)(F)F)cc(C(F)(F)F)c3)CC2(Cc2ccccc2)C1=O. The van der Waals surface area contributed by atoms with Crippen LogP contribution in [0.2, 0.25) is 0 Å². The summed E-state index contributed by atoms with van der Waals surface area (Å²) in [6.45, 7) is -0.102. The second kappa shape index (κ2) is 10.5. The van der Waals surface area contributed by atoms with Gasteiger partial charge in [0.25, 0.3) is 5.91 Å². The van der Waals surface area contributed by atoms with Gasteiger partial charge < -0.3 is 15.4 Å². The fourth-order valence-corrected chi connectivity index (χ4v) is 4.89. The van der Waals surface area contributed by atoms with Crippen molar-refractivity contribution < 1.29 is 40.7 Å². The summed E-state index contributed by atoms with van der Waals surface area (Å²) < 4.78 is 83.7. The molecule has 1 saturated heterocycles. The van der Waals surface area contributed by atoms with Gasteiger partial charge in [0.15, 0.2) is 0 Å². The van der Waals surface area contributed by atoms with Crippen LogP contribution < -0.4 is 10.5 Å². The van der Waals surface area contributed by atoms with Gasteiger partial charge in [0.05, 0.1) is 29.5 Å². The van der Waals surface area contributed by atoms with Gasteiger partial charge in [-0.15, -0.1) is 0 Å². The molecule has 0 aromatic heterocycles. The molecule has 0 bridgehead atoms. The van der Waals surface area contributed by atoms with E-state index in [0.29, 0.717) is 30.7 Å². The number of alkyl halides is 6. The van der Waals surface area contributed by atoms with Crippen LogP contribution in [0, 0.1) is 5.41 Å². The van der Waals surface area contributed by atoms with Crippen LogP contribution >= 0.6 is 0 Å². The molecule has 0 aliphatic carbocycles. The first-order valence-electron chi connectivity index (χ1n) is 12.1. The van der Waals surface area contributed by atoms with E-state index in [0.717, 1.165) is 5.56 Å². The van der Waals surface area contributed by atoms with Crippen molar-refractivity contribution in [1.82, 2.24) is 9.91 Å². The number of carbonyl (C=O) groups is 2. The van der Waals surface area contributed by atoms with Gasteiger partial charge in [-0.2, -0.15) is 31.4 Å². The number of piperidine rings is 1. The molecule has 2 aliphatic rings. The van der Waals surface area contributed by atoms with E-state index in [4.69, 9.17) is 10.5 Å². The number of ether oxygens (including phenoxy) is 1. The third kappa shape index (κ3) is 6.02. The average Bonchev–Trinajstić information content (AvgIpc) is 3.11. The van der Waals surface area contributed by atoms with E-state index in [1.165, 1.54) is 9.91 Å². The number of nitrogens with zero attached hydrogens (tertiary/aromatic N) is 3. The standard InChI is InChI=1S/C26H26F6N4O3/c1-35-23(38)24(14-16-5-3-2-4-6-16)15-36(9-7-21(24)34-35)22(37)20(33)8-10-39-19-12-17(25(27,28)29)11-18(13-19)26(30,31)32/h2-6,11-13,20H,7-10,14-15,33H2,1H3. The van der Waals surface area contributed by atoms with Gasteiger partial charge in [-0.3, -0.25) is 9.59 Å². The van der Waals surface area contributed by atoms with Gasteiger partial charge >= 0.3 is 12.4 Å². The van der Waals surface area contributed by atoms with Gasteiger partial charge in [-0.1, -0.05) is 30.3 Å². The Morgan fingerprint density at radius 3 is 2.28 bits per heavy atom. The van der Waals surface area contributed by atoms with E-state index in [1.54, 1.807) is 7.05 Å². The maximum Gasteiger partial charge on any atom is 0.416 e. The maximum absolute atomic E-state index is 13.2. The third-order valence-electron chi connectivity index (χ3n) is 6.84. The molecule has 0 radical (unpaired) electrons. The van der Waals surface area contributed by atoms with Gasteiger partial charge in [-0.05, 0) is 30.2 Å². The minimum Gasteiger partial charge on any atom is -0.493 e. The molecule has 1 fully saturated rings. The Morgan fingerprint density at radius 1 is 1.08 bits per heavy atom. The molecule has 2 unspecified atom stereocenters. The van der Waals surface area contributed by atoms with Gasteiger partial charge in [0.1, 0.15) is 11.2 Å². The monoisotopic (exact) mass is 556 g/mol. The molecule has 2 heterocycles. The minimum atomic E-state index is -5.01. The lowest BCUT2D eigenvalue weighted by molar-refractivity contribution is -0.143. The summed E-state index contributed by atoms with van der Waals surface area (Å²) in [6, 6.07) is 9.06. The Hall–Kier alpha value is -3.61. The Balaban J connectivity index is 1.43. The number of hydrogen-bond donors (Lipinski definition) is 1. The molecule has 7 nitrogen and oxygen atoms in total. The summed E-state index contributed by atoms with van der Waals surface area (Å²) >= 11 is 0. The van der Waals surface area contributed by atoms with Crippen LogP contribution in [0.15, 0.2) is 53.6 Å². The molecular formula is C26H26F6N4O3. The van der Waals surface area contributed by atoms with E-state index in [2.05, 4.69) is 5.10 Å². The zero-order chi connectivity index (χ0) is 28.6. The Kier molecular flexibility index (Phi) is 7.66. The molecule has 2 N–H and O–H groups in total. The summed E-state index contributed by atoms with van der Waals surface area (Å²) in [5.74, 6) is -1.40. The molecule has 2 amide bonds. The first kappa shape index (κ1) is 28.4. The van der Waals surface area contributed by atoms with E-state index in [1.807, 2.05) is 30.3 Å². The molecule has 0 spiro atoms. The number of likely N-dealkylation sites (tertiary alicyclic amines) is 1. The first-order chi connectivity index (χ1) is 18.2. The molecule has 4 rings (SSSR count). The summed E-state index contributed by atoms with van der Waals surface area (Å²) in [5.41, 5.74) is 3.55. The normalized spacial score (nSPS) is 20.5. The average molecular weight is 557 g/mol. The van der Waals surface area contributed by atoms with Crippen molar-refractivity contribution in [2.75, 3.05) is 26.7 Å². The van der Waals surface area contributed by atoms with Gasteiger partial charge in [-0.25, -0.2) is 5.01 Å². The van der Waals surface area contributed by atoms with Crippen molar-refractivity contribution >= 4 is 17.5 Å². The lowest BCUT2D eigenvalue weighted by atomic mass is 9.73. The maximum atomic E-state index is 13.2. The van der Waals surface area contributed by atoms with Crippen molar-refractivity contribution in [2.24, 2.45) is 16.3 Å². The Labute approximate surface area is 220 Å². The number of fused-ring (bicyclic) bond motifs is 1.